The van der Waals surface area contributed by atoms with Crippen molar-refractivity contribution >= 4 is 5.91 Å². The highest BCUT2D eigenvalue weighted by molar-refractivity contribution is 5.93. The molecule has 1 aliphatic rings. The van der Waals surface area contributed by atoms with E-state index in [1.807, 2.05) is 0 Å². The van der Waals surface area contributed by atoms with Crippen molar-refractivity contribution in [2.24, 2.45) is 5.92 Å². The molecule has 80 valence electrons. The van der Waals surface area contributed by atoms with Gasteiger partial charge in [0.25, 0.3) is 5.91 Å². The van der Waals surface area contributed by atoms with Crippen molar-refractivity contribution in [3.63, 3.8) is 0 Å². The first-order valence-corrected chi connectivity index (χ1v) is 5.30. The number of carbonyl (C=O) groups excluding carboxylic acids is 1. The van der Waals surface area contributed by atoms with E-state index < -0.39 is 0 Å². The first kappa shape index (κ1) is 11.2. The Morgan fingerprint density at radius 3 is 2.64 bits per heavy atom. The van der Waals surface area contributed by atoms with Crippen molar-refractivity contribution < 1.29 is 10.0 Å². The van der Waals surface area contributed by atoms with Gasteiger partial charge in [-0.25, -0.2) is 5.48 Å². The summed E-state index contributed by atoms with van der Waals surface area (Å²) in [5.41, 5.74) is 3.79. The number of amides is 1. The summed E-state index contributed by atoms with van der Waals surface area (Å²) in [7, 11) is 0. The quantitative estimate of drug-likeness (QED) is 0.539. The van der Waals surface area contributed by atoms with Crippen LogP contribution in [0.1, 0.15) is 46.0 Å². The van der Waals surface area contributed by atoms with Gasteiger partial charge in [-0.2, -0.15) is 0 Å². The molecule has 0 heterocycles. The summed E-state index contributed by atoms with van der Waals surface area (Å²) in [4.78, 5) is 11.3. The van der Waals surface area contributed by atoms with E-state index in [0.29, 0.717) is 5.92 Å². The Morgan fingerprint density at radius 2 is 2.07 bits per heavy atom. The summed E-state index contributed by atoms with van der Waals surface area (Å²) in [6.45, 7) is 4.30. The standard InChI is InChI=1S/C11H19NO2/c1-8(2)7-9-5-3-4-6-10(9)11(13)12-14/h8,14H,3-7H2,1-2H3,(H,12,13). The zero-order valence-corrected chi connectivity index (χ0v) is 8.97. The van der Waals surface area contributed by atoms with Crippen LogP contribution in [0.25, 0.3) is 0 Å². The average molecular weight is 197 g/mol. The zero-order chi connectivity index (χ0) is 10.6. The lowest BCUT2D eigenvalue weighted by Gasteiger charge is -2.20. The third-order valence-electron chi connectivity index (χ3n) is 2.61. The molecule has 0 saturated heterocycles. The molecule has 1 rings (SSSR count). The second kappa shape index (κ2) is 5.15. The van der Waals surface area contributed by atoms with E-state index in [9.17, 15) is 4.79 Å². The minimum absolute atomic E-state index is 0.305. The molecule has 14 heavy (non-hydrogen) atoms. The Hall–Kier alpha value is -0.830. The molecular formula is C11H19NO2. The van der Waals surface area contributed by atoms with Crippen LogP contribution in [0.4, 0.5) is 0 Å². The Labute approximate surface area is 85.2 Å². The molecule has 0 aromatic heterocycles. The number of hydroxylamine groups is 1. The maximum absolute atomic E-state index is 11.3. The van der Waals surface area contributed by atoms with E-state index in [0.717, 1.165) is 31.3 Å². The first-order chi connectivity index (χ1) is 6.65. The molecule has 0 atom stereocenters. The van der Waals surface area contributed by atoms with E-state index in [1.165, 1.54) is 12.0 Å². The fourth-order valence-electron chi connectivity index (χ4n) is 2.03. The summed E-state index contributed by atoms with van der Waals surface area (Å²) < 4.78 is 0. The molecule has 0 fully saturated rings. The molecule has 0 spiro atoms. The van der Waals surface area contributed by atoms with Crippen LogP contribution < -0.4 is 5.48 Å². The second-order valence-corrected chi connectivity index (χ2v) is 4.33. The minimum atomic E-state index is -0.305. The monoisotopic (exact) mass is 197 g/mol. The lowest BCUT2D eigenvalue weighted by atomic mass is 9.86. The predicted molar refractivity (Wildman–Crippen MR) is 54.9 cm³/mol. The molecular weight excluding hydrogens is 178 g/mol. The third-order valence-corrected chi connectivity index (χ3v) is 2.61. The van der Waals surface area contributed by atoms with E-state index >= 15 is 0 Å². The van der Waals surface area contributed by atoms with Crippen molar-refractivity contribution in [2.75, 3.05) is 0 Å². The SMILES string of the molecule is CC(C)CC1=C(C(=O)NO)CCCC1. The van der Waals surface area contributed by atoms with E-state index in [1.54, 1.807) is 5.48 Å². The maximum atomic E-state index is 11.3. The molecule has 0 aromatic rings. The van der Waals surface area contributed by atoms with E-state index in [2.05, 4.69) is 13.8 Å². The van der Waals surface area contributed by atoms with Crippen LogP contribution in [-0.4, -0.2) is 11.1 Å². The van der Waals surface area contributed by atoms with Gasteiger partial charge in [-0.1, -0.05) is 19.4 Å². The number of hydrogen-bond acceptors (Lipinski definition) is 2. The Balaban J connectivity index is 2.79. The van der Waals surface area contributed by atoms with Crippen molar-refractivity contribution in [2.45, 2.75) is 46.0 Å². The molecule has 1 amide bonds. The minimum Gasteiger partial charge on any atom is -0.288 e. The first-order valence-electron chi connectivity index (χ1n) is 5.30. The van der Waals surface area contributed by atoms with Crippen LogP contribution in [0.15, 0.2) is 11.1 Å². The number of carbonyl (C=O) groups is 1. The van der Waals surface area contributed by atoms with E-state index in [4.69, 9.17) is 5.21 Å². The summed E-state index contributed by atoms with van der Waals surface area (Å²) >= 11 is 0. The molecule has 0 unspecified atom stereocenters. The van der Waals surface area contributed by atoms with Crippen LogP contribution in [-0.2, 0) is 4.79 Å². The van der Waals surface area contributed by atoms with Crippen LogP contribution in [0.5, 0.6) is 0 Å². The van der Waals surface area contributed by atoms with Crippen molar-refractivity contribution in [3.8, 4) is 0 Å². The van der Waals surface area contributed by atoms with Gasteiger partial charge in [-0.05, 0) is 38.0 Å². The molecule has 0 aromatic carbocycles. The van der Waals surface area contributed by atoms with Gasteiger partial charge in [-0.15, -0.1) is 0 Å². The van der Waals surface area contributed by atoms with Gasteiger partial charge in [0.05, 0.1) is 0 Å². The largest absolute Gasteiger partial charge is 0.288 e. The van der Waals surface area contributed by atoms with E-state index in [-0.39, 0.29) is 5.91 Å². The second-order valence-electron chi connectivity index (χ2n) is 4.33. The van der Waals surface area contributed by atoms with Crippen LogP contribution in [0, 0.1) is 5.92 Å². The van der Waals surface area contributed by atoms with Crippen LogP contribution in [0.3, 0.4) is 0 Å². The van der Waals surface area contributed by atoms with Crippen LogP contribution in [0.2, 0.25) is 0 Å². The molecule has 0 saturated carbocycles. The highest BCUT2D eigenvalue weighted by Gasteiger charge is 2.18. The average Bonchev–Trinajstić information content (AvgIpc) is 2.16. The van der Waals surface area contributed by atoms with Gasteiger partial charge in [0.1, 0.15) is 0 Å². The Kier molecular flexibility index (Phi) is 4.14. The maximum Gasteiger partial charge on any atom is 0.270 e. The number of rotatable bonds is 3. The lowest BCUT2D eigenvalue weighted by molar-refractivity contribution is -0.125. The van der Waals surface area contributed by atoms with Crippen molar-refractivity contribution in [1.82, 2.24) is 5.48 Å². The normalized spacial score (nSPS) is 17.4. The molecule has 2 N–H and O–H groups in total. The highest BCUT2D eigenvalue weighted by Crippen LogP contribution is 2.29. The summed E-state index contributed by atoms with van der Waals surface area (Å²) in [6, 6.07) is 0. The third kappa shape index (κ3) is 2.84. The van der Waals surface area contributed by atoms with Gasteiger partial charge < -0.3 is 0 Å². The summed E-state index contributed by atoms with van der Waals surface area (Å²) in [5, 5.41) is 8.61. The molecule has 0 bridgehead atoms. The number of nitrogens with one attached hydrogen (secondary N) is 1. The van der Waals surface area contributed by atoms with Gasteiger partial charge in [0, 0.05) is 5.57 Å². The van der Waals surface area contributed by atoms with Gasteiger partial charge in [0.15, 0.2) is 0 Å². The topological polar surface area (TPSA) is 49.3 Å². The molecule has 0 radical (unpaired) electrons. The molecule has 0 aliphatic heterocycles. The fourth-order valence-corrected chi connectivity index (χ4v) is 2.03. The molecule has 3 nitrogen and oxygen atoms in total. The Morgan fingerprint density at radius 1 is 1.43 bits per heavy atom. The summed E-state index contributed by atoms with van der Waals surface area (Å²) in [6.07, 6.45) is 5.03. The van der Waals surface area contributed by atoms with Gasteiger partial charge >= 0.3 is 0 Å². The van der Waals surface area contributed by atoms with Crippen molar-refractivity contribution in [1.29, 1.82) is 0 Å². The Bertz CT molecular complexity index is 244. The predicted octanol–water partition coefficient (Wildman–Crippen LogP) is 2.41. The number of allylic oxidation sites excluding steroid dienone is 1. The highest BCUT2D eigenvalue weighted by atomic mass is 16.5. The lowest BCUT2D eigenvalue weighted by Crippen LogP contribution is -2.23. The smallest absolute Gasteiger partial charge is 0.270 e. The molecule has 1 aliphatic carbocycles. The number of hydrogen-bond donors (Lipinski definition) is 2. The van der Waals surface area contributed by atoms with Gasteiger partial charge in [-0.3, -0.25) is 10.0 Å². The molecule has 3 heteroatoms. The zero-order valence-electron chi connectivity index (χ0n) is 8.97. The van der Waals surface area contributed by atoms with Crippen LogP contribution >= 0.6 is 0 Å². The van der Waals surface area contributed by atoms with Crippen molar-refractivity contribution in [3.05, 3.63) is 11.1 Å². The van der Waals surface area contributed by atoms with Gasteiger partial charge in [0.2, 0.25) is 0 Å². The summed E-state index contributed by atoms with van der Waals surface area (Å²) in [5.74, 6) is 0.268. The fraction of sp³-hybridized carbons (Fsp3) is 0.727.